The van der Waals surface area contributed by atoms with Crippen LogP contribution in [0.4, 0.5) is 0 Å². The maximum atomic E-state index is 4.12. The lowest BCUT2D eigenvalue weighted by molar-refractivity contribution is 1.08. The van der Waals surface area contributed by atoms with Gasteiger partial charge in [-0.1, -0.05) is 13.8 Å². The third-order valence-corrected chi connectivity index (χ3v) is 1.49. The van der Waals surface area contributed by atoms with Crippen LogP contribution in [0.3, 0.4) is 0 Å². The number of nitrogens with zero attached hydrogens (tertiary/aromatic N) is 3. The molecule has 0 atom stereocenters. The van der Waals surface area contributed by atoms with Gasteiger partial charge < -0.3 is 4.40 Å². The number of hydrogen-bond acceptors (Lipinski definition) is 2. The average molecular weight is 197 g/mol. The van der Waals surface area contributed by atoms with Gasteiger partial charge in [-0.3, -0.25) is 4.98 Å². The third-order valence-electron chi connectivity index (χ3n) is 1.49. The molecule has 0 aliphatic heterocycles. The van der Waals surface area contributed by atoms with E-state index >= 15 is 0 Å². The van der Waals surface area contributed by atoms with Crippen LogP contribution < -0.4 is 0 Å². The lowest BCUT2D eigenvalue weighted by Crippen LogP contribution is -1.88. The SMILES string of the molecule is CC.Cc1nccn2ccnc12.S. The van der Waals surface area contributed by atoms with Gasteiger partial charge in [0.1, 0.15) is 0 Å². The Bertz CT molecular complexity index is 356. The average Bonchev–Trinajstić information content (AvgIpc) is 2.57. The number of fused-ring (bicyclic) bond motifs is 1. The standard InChI is InChI=1S/C7H7N3.C2H6.H2S/c1-6-7-9-3-5-10(7)4-2-8-6;1-2;/h2-5H,1H3;1-2H3;1H2. The van der Waals surface area contributed by atoms with Crippen LogP contribution in [0.25, 0.3) is 5.65 Å². The number of hydrogen-bond donors (Lipinski definition) is 0. The van der Waals surface area contributed by atoms with Crippen molar-refractivity contribution in [1.29, 1.82) is 0 Å². The van der Waals surface area contributed by atoms with Gasteiger partial charge in [0.05, 0.1) is 5.69 Å². The maximum absolute atomic E-state index is 4.12. The normalized spacial score (nSPS) is 8.54. The molecular formula is C9H15N3S. The van der Waals surface area contributed by atoms with E-state index in [-0.39, 0.29) is 13.5 Å². The van der Waals surface area contributed by atoms with Crippen LogP contribution >= 0.6 is 13.5 Å². The van der Waals surface area contributed by atoms with Crippen LogP contribution in [0.2, 0.25) is 0 Å². The lowest BCUT2D eigenvalue weighted by atomic mass is 10.5. The van der Waals surface area contributed by atoms with E-state index in [1.807, 2.05) is 37.6 Å². The Balaban J connectivity index is 0.000000451. The highest BCUT2D eigenvalue weighted by atomic mass is 32.1. The Morgan fingerprint density at radius 3 is 2.15 bits per heavy atom. The van der Waals surface area contributed by atoms with Crippen molar-refractivity contribution in [2.75, 3.05) is 0 Å². The number of aromatic nitrogens is 3. The molecule has 4 heteroatoms. The van der Waals surface area contributed by atoms with Gasteiger partial charge in [0, 0.05) is 24.8 Å². The predicted octanol–water partition coefficient (Wildman–Crippen LogP) is 2.18. The first-order valence-electron chi connectivity index (χ1n) is 4.12. The van der Waals surface area contributed by atoms with Crippen LogP contribution in [0.1, 0.15) is 19.5 Å². The van der Waals surface area contributed by atoms with Crippen molar-refractivity contribution in [3.8, 4) is 0 Å². The molecular weight excluding hydrogens is 182 g/mol. The second kappa shape index (κ2) is 5.59. The first-order chi connectivity index (χ1) is 5.88. The van der Waals surface area contributed by atoms with E-state index in [9.17, 15) is 0 Å². The molecule has 13 heavy (non-hydrogen) atoms. The summed E-state index contributed by atoms with van der Waals surface area (Å²) in [7, 11) is 0. The van der Waals surface area contributed by atoms with E-state index in [0.717, 1.165) is 11.3 Å². The van der Waals surface area contributed by atoms with Gasteiger partial charge in [-0.25, -0.2) is 4.98 Å². The molecule has 3 nitrogen and oxygen atoms in total. The summed E-state index contributed by atoms with van der Waals surface area (Å²) >= 11 is 0. The molecule has 0 saturated carbocycles. The Morgan fingerprint density at radius 2 is 1.62 bits per heavy atom. The number of rotatable bonds is 0. The molecule has 0 N–H and O–H groups in total. The smallest absolute Gasteiger partial charge is 0.158 e. The van der Waals surface area contributed by atoms with Gasteiger partial charge in [0.25, 0.3) is 0 Å². The van der Waals surface area contributed by atoms with Crippen molar-refractivity contribution < 1.29 is 0 Å². The fourth-order valence-corrected chi connectivity index (χ4v) is 0.988. The van der Waals surface area contributed by atoms with Crippen molar-refractivity contribution in [2.24, 2.45) is 0 Å². The number of imidazole rings is 1. The molecule has 0 saturated heterocycles. The lowest BCUT2D eigenvalue weighted by Gasteiger charge is -1.93. The maximum Gasteiger partial charge on any atom is 0.158 e. The molecule has 0 aliphatic rings. The molecule has 0 amide bonds. The molecule has 2 aromatic rings. The van der Waals surface area contributed by atoms with Crippen molar-refractivity contribution in [2.45, 2.75) is 20.8 Å². The predicted molar refractivity (Wildman–Crippen MR) is 59.5 cm³/mol. The summed E-state index contributed by atoms with van der Waals surface area (Å²) in [5.74, 6) is 0. The highest BCUT2D eigenvalue weighted by Crippen LogP contribution is 2.01. The molecule has 2 heterocycles. The second-order valence-corrected chi connectivity index (χ2v) is 2.17. The van der Waals surface area contributed by atoms with Crippen molar-refractivity contribution in [3.05, 3.63) is 30.5 Å². The fourth-order valence-electron chi connectivity index (χ4n) is 0.988. The Labute approximate surface area is 85.3 Å². The quantitative estimate of drug-likeness (QED) is 0.648. The van der Waals surface area contributed by atoms with Crippen LogP contribution in [0, 0.1) is 6.92 Å². The summed E-state index contributed by atoms with van der Waals surface area (Å²) in [6, 6.07) is 0. The second-order valence-electron chi connectivity index (χ2n) is 2.17. The Hall–Kier alpha value is -1.03. The molecule has 0 spiro atoms. The summed E-state index contributed by atoms with van der Waals surface area (Å²) < 4.78 is 1.95. The highest BCUT2D eigenvalue weighted by Gasteiger charge is 1.94. The molecule has 2 rings (SSSR count). The zero-order valence-electron chi connectivity index (χ0n) is 8.15. The first-order valence-corrected chi connectivity index (χ1v) is 4.12. The summed E-state index contributed by atoms with van der Waals surface area (Å²) in [4.78, 5) is 8.21. The Morgan fingerprint density at radius 1 is 1.08 bits per heavy atom. The molecule has 0 radical (unpaired) electrons. The minimum atomic E-state index is 0. The van der Waals surface area contributed by atoms with Crippen molar-refractivity contribution >= 4 is 19.1 Å². The van der Waals surface area contributed by atoms with E-state index in [0.29, 0.717) is 0 Å². The van der Waals surface area contributed by atoms with E-state index in [4.69, 9.17) is 0 Å². The summed E-state index contributed by atoms with van der Waals surface area (Å²) in [6.07, 6.45) is 7.33. The monoisotopic (exact) mass is 197 g/mol. The van der Waals surface area contributed by atoms with Crippen LogP contribution in [-0.4, -0.2) is 14.4 Å². The summed E-state index contributed by atoms with van der Waals surface area (Å²) in [6.45, 7) is 5.95. The number of aryl methyl sites for hydroxylation is 1. The molecule has 0 aromatic carbocycles. The summed E-state index contributed by atoms with van der Waals surface area (Å²) in [5, 5.41) is 0. The molecule has 0 bridgehead atoms. The van der Waals surface area contributed by atoms with Gasteiger partial charge in [-0.2, -0.15) is 13.5 Å². The van der Waals surface area contributed by atoms with Crippen molar-refractivity contribution in [1.82, 2.24) is 14.4 Å². The summed E-state index contributed by atoms with van der Waals surface area (Å²) in [5.41, 5.74) is 1.90. The van der Waals surface area contributed by atoms with Crippen LogP contribution in [0.5, 0.6) is 0 Å². The zero-order chi connectivity index (χ0) is 8.97. The van der Waals surface area contributed by atoms with Crippen molar-refractivity contribution in [3.63, 3.8) is 0 Å². The van der Waals surface area contributed by atoms with Gasteiger partial charge in [-0.05, 0) is 6.92 Å². The molecule has 0 fully saturated rings. The van der Waals surface area contributed by atoms with Gasteiger partial charge in [-0.15, -0.1) is 0 Å². The minimum absolute atomic E-state index is 0. The molecule has 72 valence electrons. The van der Waals surface area contributed by atoms with Crippen LogP contribution in [-0.2, 0) is 0 Å². The molecule has 0 aliphatic carbocycles. The highest BCUT2D eigenvalue weighted by molar-refractivity contribution is 7.59. The Kier molecular flexibility index (Phi) is 5.14. The van der Waals surface area contributed by atoms with E-state index in [2.05, 4.69) is 9.97 Å². The largest absolute Gasteiger partial charge is 0.304 e. The third kappa shape index (κ3) is 2.45. The van der Waals surface area contributed by atoms with Gasteiger partial charge >= 0.3 is 0 Å². The van der Waals surface area contributed by atoms with E-state index in [1.165, 1.54) is 0 Å². The fraction of sp³-hybridized carbons (Fsp3) is 0.333. The first kappa shape index (κ1) is 12.0. The van der Waals surface area contributed by atoms with E-state index < -0.39 is 0 Å². The molecule has 2 aromatic heterocycles. The van der Waals surface area contributed by atoms with Gasteiger partial charge in [0.15, 0.2) is 5.65 Å². The van der Waals surface area contributed by atoms with Gasteiger partial charge in [0.2, 0.25) is 0 Å². The van der Waals surface area contributed by atoms with E-state index in [1.54, 1.807) is 12.4 Å². The topological polar surface area (TPSA) is 30.2 Å². The molecule has 0 unspecified atom stereocenters. The zero-order valence-corrected chi connectivity index (χ0v) is 9.15. The minimum Gasteiger partial charge on any atom is -0.304 e. The van der Waals surface area contributed by atoms with Crippen LogP contribution in [0.15, 0.2) is 24.8 Å².